The number of fused-ring (bicyclic) bond motifs is 1. The molecule has 1 saturated carbocycles. The van der Waals surface area contributed by atoms with Crippen LogP contribution in [0.25, 0.3) is 22.2 Å². The van der Waals surface area contributed by atoms with E-state index in [0.717, 1.165) is 12.8 Å². The molecule has 0 saturated heterocycles. The van der Waals surface area contributed by atoms with E-state index >= 15 is 0 Å². The maximum atomic E-state index is 13.8. The summed E-state index contributed by atoms with van der Waals surface area (Å²) in [5, 5.41) is 17.4. The van der Waals surface area contributed by atoms with Gasteiger partial charge in [0.1, 0.15) is 5.52 Å². The first-order valence-corrected chi connectivity index (χ1v) is 8.56. The van der Waals surface area contributed by atoms with Gasteiger partial charge in [0.05, 0.1) is 17.2 Å². The van der Waals surface area contributed by atoms with Crippen molar-refractivity contribution in [2.75, 3.05) is 0 Å². The van der Waals surface area contributed by atoms with Gasteiger partial charge in [-0.05, 0) is 48.4 Å². The molecule has 1 aromatic heterocycles. The van der Waals surface area contributed by atoms with Gasteiger partial charge in [-0.3, -0.25) is 0 Å². The van der Waals surface area contributed by atoms with Crippen LogP contribution in [0.5, 0.6) is 0 Å². The van der Waals surface area contributed by atoms with Crippen LogP contribution in [0, 0.1) is 5.92 Å². The molecule has 1 atom stereocenters. The van der Waals surface area contributed by atoms with E-state index in [4.69, 9.17) is 0 Å². The molecule has 0 spiro atoms. The normalized spacial score (nSPS) is 16.2. The molecule has 1 heterocycles. The lowest BCUT2D eigenvalue weighted by atomic mass is 9.96. The van der Waals surface area contributed by atoms with Crippen LogP contribution in [0.2, 0.25) is 0 Å². The molecule has 7 heteroatoms. The third kappa shape index (κ3) is 3.07. The van der Waals surface area contributed by atoms with Gasteiger partial charge in [0.15, 0.2) is 0 Å². The number of benzene rings is 2. The second-order valence-corrected chi connectivity index (χ2v) is 6.87. The molecule has 4 rings (SSSR count). The van der Waals surface area contributed by atoms with E-state index in [9.17, 15) is 18.3 Å². The average Bonchev–Trinajstić information content (AvgIpc) is 3.32. The highest BCUT2D eigenvalue weighted by atomic mass is 19.4. The third-order valence-corrected chi connectivity index (χ3v) is 4.80. The van der Waals surface area contributed by atoms with Gasteiger partial charge in [-0.15, -0.1) is 5.10 Å². The fraction of sp³-hybridized carbons (Fsp3) is 0.368. The zero-order valence-corrected chi connectivity index (χ0v) is 14.2. The van der Waals surface area contributed by atoms with Crippen LogP contribution in [-0.2, 0) is 12.7 Å². The summed E-state index contributed by atoms with van der Waals surface area (Å²) in [6.45, 7) is 2.22. The number of nitrogens with zero attached hydrogens (tertiary/aromatic N) is 3. The van der Waals surface area contributed by atoms with Crippen molar-refractivity contribution in [1.29, 1.82) is 0 Å². The lowest BCUT2D eigenvalue weighted by Gasteiger charge is -2.14. The molecule has 26 heavy (non-hydrogen) atoms. The Balaban J connectivity index is 1.86. The lowest BCUT2D eigenvalue weighted by Crippen LogP contribution is -2.09. The van der Waals surface area contributed by atoms with Crippen molar-refractivity contribution in [2.45, 2.75) is 38.6 Å². The number of rotatable bonds is 4. The molecule has 3 aromatic rings. The van der Waals surface area contributed by atoms with Crippen LogP contribution < -0.4 is 0 Å². The van der Waals surface area contributed by atoms with E-state index in [1.54, 1.807) is 41.9 Å². The number of alkyl halides is 3. The highest BCUT2D eigenvalue weighted by molar-refractivity contribution is 5.87. The lowest BCUT2D eigenvalue weighted by molar-refractivity contribution is -0.135. The highest BCUT2D eigenvalue weighted by Crippen LogP contribution is 2.41. The molecule has 0 amide bonds. The first-order chi connectivity index (χ1) is 12.3. The topological polar surface area (TPSA) is 50.9 Å². The SMILES string of the molecule is CC(O)c1ccc(-c2ccc3c(nnn3CC3CC3)c2C(F)(F)F)cc1. The second-order valence-electron chi connectivity index (χ2n) is 6.87. The molecule has 0 bridgehead atoms. The first-order valence-electron chi connectivity index (χ1n) is 8.56. The van der Waals surface area contributed by atoms with Crippen LogP contribution >= 0.6 is 0 Å². The van der Waals surface area contributed by atoms with Gasteiger partial charge in [0.2, 0.25) is 0 Å². The smallest absolute Gasteiger partial charge is 0.389 e. The standard InChI is InChI=1S/C19H18F3N3O/c1-11(26)13-4-6-14(7-5-13)15-8-9-16-18(17(15)19(20,21)22)23-24-25(16)10-12-2-3-12/h4-9,11-12,26H,2-3,10H2,1H3. The molecular weight excluding hydrogens is 343 g/mol. The van der Waals surface area contributed by atoms with Gasteiger partial charge in [-0.25, -0.2) is 4.68 Å². The Morgan fingerprint density at radius 3 is 2.42 bits per heavy atom. The minimum Gasteiger partial charge on any atom is -0.389 e. The summed E-state index contributed by atoms with van der Waals surface area (Å²) in [7, 11) is 0. The summed E-state index contributed by atoms with van der Waals surface area (Å²) < 4.78 is 43.1. The predicted octanol–water partition coefficient (Wildman–Crippen LogP) is 4.58. The number of aromatic nitrogens is 3. The van der Waals surface area contributed by atoms with Crippen molar-refractivity contribution in [3.63, 3.8) is 0 Å². The molecule has 1 aliphatic carbocycles. The van der Waals surface area contributed by atoms with E-state index in [1.807, 2.05) is 0 Å². The van der Waals surface area contributed by atoms with Crippen LogP contribution in [0.15, 0.2) is 36.4 Å². The van der Waals surface area contributed by atoms with E-state index in [1.165, 1.54) is 6.07 Å². The maximum Gasteiger partial charge on any atom is 0.419 e. The fourth-order valence-electron chi connectivity index (χ4n) is 3.19. The molecular formula is C19H18F3N3O. The first kappa shape index (κ1) is 17.0. The summed E-state index contributed by atoms with van der Waals surface area (Å²) in [6, 6.07) is 9.59. The molecule has 1 aliphatic rings. The van der Waals surface area contributed by atoms with Gasteiger partial charge in [0.25, 0.3) is 0 Å². The molecule has 0 radical (unpaired) electrons. The van der Waals surface area contributed by atoms with Crippen molar-refractivity contribution >= 4 is 11.0 Å². The van der Waals surface area contributed by atoms with Gasteiger partial charge in [-0.1, -0.05) is 35.5 Å². The molecule has 4 nitrogen and oxygen atoms in total. The van der Waals surface area contributed by atoms with Crippen LogP contribution in [0.3, 0.4) is 0 Å². The Labute approximate surface area is 148 Å². The Morgan fingerprint density at radius 2 is 1.85 bits per heavy atom. The maximum absolute atomic E-state index is 13.8. The molecule has 0 aliphatic heterocycles. The summed E-state index contributed by atoms with van der Waals surface area (Å²) in [5.74, 6) is 0.488. The molecule has 1 N–H and O–H groups in total. The fourth-order valence-corrected chi connectivity index (χ4v) is 3.19. The monoisotopic (exact) mass is 361 g/mol. The van der Waals surface area contributed by atoms with Gasteiger partial charge >= 0.3 is 6.18 Å². The van der Waals surface area contributed by atoms with E-state index < -0.39 is 17.8 Å². The molecule has 136 valence electrons. The molecule has 2 aromatic carbocycles. The van der Waals surface area contributed by atoms with Crippen molar-refractivity contribution in [3.8, 4) is 11.1 Å². The zero-order valence-electron chi connectivity index (χ0n) is 14.2. The highest BCUT2D eigenvalue weighted by Gasteiger charge is 2.38. The quantitative estimate of drug-likeness (QED) is 0.740. The van der Waals surface area contributed by atoms with Crippen molar-refractivity contribution in [3.05, 3.63) is 47.5 Å². The van der Waals surface area contributed by atoms with Crippen LogP contribution in [-0.4, -0.2) is 20.1 Å². The largest absolute Gasteiger partial charge is 0.419 e. The van der Waals surface area contributed by atoms with Crippen LogP contribution in [0.1, 0.15) is 37.0 Å². The Kier molecular flexibility index (Phi) is 3.99. The number of hydrogen-bond acceptors (Lipinski definition) is 3. The summed E-state index contributed by atoms with van der Waals surface area (Å²) in [6.07, 6.45) is -3.04. The van der Waals surface area contributed by atoms with Gasteiger partial charge in [-0.2, -0.15) is 13.2 Å². The van der Waals surface area contributed by atoms with Crippen molar-refractivity contribution in [1.82, 2.24) is 15.0 Å². The minimum absolute atomic E-state index is 0.0700. The molecule has 1 unspecified atom stereocenters. The Morgan fingerprint density at radius 1 is 1.15 bits per heavy atom. The van der Waals surface area contributed by atoms with E-state index in [2.05, 4.69) is 10.3 Å². The van der Waals surface area contributed by atoms with Crippen molar-refractivity contribution in [2.24, 2.45) is 5.92 Å². The molecule has 1 fully saturated rings. The van der Waals surface area contributed by atoms with E-state index in [-0.39, 0.29) is 11.1 Å². The second kappa shape index (κ2) is 6.09. The average molecular weight is 361 g/mol. The zero-order chi connectivity index (χ0) is 18.5. The van der Waals surface area contributed by atoms with Crippen molar-refractivity contribution < 1.29 is 18.3 Å². The van der Waals surface area contributed by atoms with Gasteiger partial charge < -0.3 is 5.11 Å². The third-order valence-electron chi connectivity index (χ3n) is 4.80. The van der Waals surface area contributed by atoms with Crippen LogP contribution in [0.4, 0.5) is 13.2 Å². The Bertz CT molecular complexity index is 941. The minimum atomic E-state index is -4.54. The summed E-state index contributed by atoms with van der Waals surface area (Å²) >= 11 is 0. The number of aliphatic hydroxyl groups is 1. The summed E-state index contributed by atoms with van der Waals surface area (Å²) in [4.78, 5) is 0. The Hall–Kier alpha value is -2.41. The number of aliphatic hydroxyl groups excluding tert-OH is 1. The van der Waals surface area contributed by atoms with Gasteiger partial charge in [0, 0.05) is 6.54 Å². The summed E-state index contributed by atoms with van der Waals surface area (Å²) in [5.41, 5.74) is 0.686. The number of halogens is 3. The predicted molar refractivity (Wildman–Crippen MR) is 91.3 cm³/mol. The number of hydrogen-bond donors (Lipinski definition) is 1. The van der Waals surface area contributed by atoms with E-state index in [0.29, 0.717) is 29.1 Å².